The van der Waals surface area contributed by atoms with Gasteiger partial charge in [0.25, 0.3) is 0 Å². The van der Waals surface area contributed by atoms with Crippen molar-refractivity contribution >= 4 is 5.97 Å². The van der Waals surface area contributed by atoms with Gasteiger partial charge in [-0.1, -0.05) is 62.6 Å². The molecule has 146 valence electrons. The minimum atomic E-state index is -0.877. The van der Waals surface area contributed by atoms with Crippen LogP contribution in [0.5, 0.6) is 5.75 Å². The lowest BCUT2D eigenvalue weighted by molar-refractivity contribution is -0.150. The van der Waals surface area contributed by atoms with Gasteiger partial charge >= 0.3 is 5.97 Å². The second-order valence-corrected chi connectivity index (χ2v) is 6.86. The second-order valence-electron chi connectivity index (χ2n) is 6.86. The van der Waals surface area contributed by atoms with Gasteiger partial charge in [-0.2, -0.15) is 0 Å². The number of esters is 1. The average Bonchev–Trinajstić information content (AvgIpc) is 2.69. The standard InChI is InChI=1S/C23H30O4/c1-4-5-7-12-21(23(25)26-3)22(24)20-14-13-19(15-17(20)2)27-16-18-10-8-6-9-11-18/h6,8-11,13-15,21-22,24H,4-5,7,12,16H2,1-3H3. The van der Waals surface area contributed by atoms with E-state index in [1.54, 1.807) is 0 Å². The van der Waals surface area contributed by atoms with Crippen molar-refractivity contribution in [3.05, 3.63) is 65.2 Å². The molecule has 0 aromatic heterocycles. The summed E-state index contributed by atoms with van der Waals surface area (Å²) < 4.78 is 10.8. The van der Waals surface area contributed by atoms with E-state index in [-0.39, 0.29) is 5.97 Å². The third-order valence-corrected chi connectivity index (χ3v) is 4.81. The van der Waals surface area contributed by atoms with Gasteiger partial charge in [-0.25, -0.2) is 0 Å². The number of aliphatic hydroxyl groups is 1. The van der Waals surface area contributed by atoms with Crippen molar-refractivity contribution < 1.29 is 19.4 Å². The van der Waals surface area contributed by atoms with Crippen molar-refractivity contribution in [2.75, 3.05) is 7.11 Å². The molecule has 0 heterocycles. The van der Waals surface area contributed by atoms with E-state index >= 15 is 0 Å². The summed E-state index contributed by atoms with van der Waals surface area (Å²) in [4.78, 5) is 12.2. The minimum absolute atomic E-state index is 0.359. The maximum absolute atomic E-state index is 12.2. The topological polar surface area (TPSA) is 55.8 Å². The maximum Gasteiger partial charge on any atom is 0.311 e. The molecule has 2 unspecified atom stereocenters. The van der Waals surface area contributed by atoms with Crippen LogP contribution >= 0.6 is 0 Å². The minimum Gasteiger partial charge on any atom is -0.489 e. The van der Waals surface area contributed by atoms with Crippen LogP contribution in [0.25, 0.3) is 0 Å². The normalized spacial score (nSPS) is 13.0. The number of aliphatic hydroxyl groups excluding tert-OH is 1. The summed E-state index contributed by atoms with van der Waals surface area (Å²) >= 11 is 0. The number of hydrogen-bond acceptors (Lipinski definition) is 4. The number of hydrogen-bond donors (Lipinski definition) is 1. The zero-order valence-corrected chi connectivity index (χ0v) is 16.5. The van der Waals surface area contributed by atoms with Gasteiger partial charge in [0.15, 0.2) is 0 Å². The first-order chi connectivity index (χ1) is 13.1. The summed E-state index contributed by atoms with van der Waals surface area (Å²) in [5.74, 6) is -0.161. The zero-order chi connectivity index (χ0) is 19.6. The molecule has 0 amide bonds. The lowest BCUT2D eigenvalue weighted by Gasteiger charge is -2.23. The number of carbonyl (C=O) groups is 1. The molecule has 0 aliphatic heterocycles. The monoisotopic (exact) mass is 370 g/mol. The summed E-state index contributed by atoms with van der Waals surface area (Å²) in [5.41, 5.74) is 2.74. The number of ether oxygens (including phenoxy) is 2. The Hall–Kier alpha value is -2.33. The van der Waals surface area contributed by atoms with Gasteiger partial charge in [0.1, 0.15) is 12.4 Å². The first-order valence-electron chi connectivity index (χ1n) is 9.60. The molecule has 2 aromatic carbocycles. The zero-order valence-electron chi connectivity index (χ0n) is 16.5. The van der Waals surface area contributed by atoms with Gasteiger partial charge in [0.05, 0.1) is 19.1 Å². The Morgan fingerprint density at radius 2 is 1.85 bits per heavy atom. The van der Waals surface area contributed by atoms with Crippen LogP contribution in [-0.2, 0) is 16.1 Å². The Kier molecular flexibility index (Phi) is 8.34. The first-order valence-corrected chi connectivity index (χ1v) is 9.60. The van der Waals surface area contributed by atoms with Crippen molar-refractivity contribution in [2.45, 2.75) is 52.2 Å². The number of methoxy groups -OCH3 is 1. The van der Waals surface area contributed by atoms with Crippen LogP contribution < -0.4 is 4.74 Å². The lowest BCUT2D eigenvalue weighted by Crippen LogP contribution is -2.24. The molecule has 0 bridgehead atoms. The lowest BCUT2D eigenvalue weighted by atomic mass is 9.89. The molecule has 0 fully saturated rings. The van der Waals surface area contributed by atoms with E-state index in [9.17, 15) is 9.90 Å². The van der Waals surface area contributed by atoms with Crippen LogP contribution in [0, 0.1) is 12.8 Å². The molecule has 4 heteroatoms. The molecular weight excluding hydrogens is 340 g/mol. The number of carbonyl (C=O) groups excluding carboxylic acids is 1. The van der Waals surface area contributed by atoms with Crippen LogP contribution in [0.4, 0.5) is 0 Å². The fourth-order valence-corrected chi connectivity index (χ4v) is 3.20. The Morgan fingerprint density at radius 3 is 2.48 bits per heavy atom. The number of unbranched alkanes of at least 4 members (excludes halogenated alkanes) is 2. The molecule has 1 N–H and O–H groups in total. The van der Waals surface area contributed by atoms with E-state index in [4.69, 9.17) is 9.47 Å². The fourth-order valence-electron chi connectivity index (χ4n) is 3.20. The molecule has 27 heavy (non-hydrogen) atoms. The van der Waals surface area contributed by atoms with Crippen LogP contribution in [0.3, 0.4) is 0 Å². The van der Waals surface area contributed by atoms with Crippen molar-refractivity contribution in [3.63, 3.8) is 0 Å². The Labute approximate surface area is 162 Å². The Balaban J connectivity index is 2.08. The smallest absolute Gasteiger partial charge is 0.311 e. The van der Waals surface area contributed by atoms with Crippen molar-refractivity contribution in [1.82, 2.24) is 0 Å². The van der Waals surface area contributed by atoms with E-state index < -0.39 is 12.0 Å². The summed E-state index contributed by atoms with van der Waals surface area (Å²) in [7, 11) is 1.37. The van der Waals surface area contributed by atoms with E-state index in [1.165, 1.54) is 7.11 Å². The van der Waals surface area contributed by atoms with E-state index in [2.05, 4.69) is 6.92 Å². The van der Waals surface area contributed by atoms with E-state index in [1.807, 2.05) is 55.5 Å². The molecule has 4 nitrogen and oxygen atoms in total. The quantitative estimate of drug-likeness (QED) is 0.473. The van der Waals surface area contributed by atoms with Gasteiger partial charge in [0, 0.05) is 0 Å². The average molecular weight is 370 g/mol. The van der Waals surface area contributed by atoms with Gasteiger partial charge in [-0.3, -0.25) is 4.79 Å². The molecule has 2 rings (SSSR count). The van der Waals surface area contributed by atoms with Crippen LogP contribution in [0.2, 0.25) is 0 Å². The van der Waals surface area contributed by atoms with Crippen LogP contribution in [-0.4, -0.2) is 18.2 Å². The fraction of sp³-hybridized carbons (Fsp3) is 0.435. The summed E-state index contributed by atoms with van der Waals surface area (Å²) in [5, 5.41) is 10.8. The highest BCUT2D eigenvalue weighted by Crippen LogP contribution is 2.31. The summed E-state index contributed by atoms with van der Waals surface area (Å²) in [6, 6.07) is 15.6. The predicted molar refractivity (Wildman–Crippen MR) is 107 cm³/mol. The highest BCUT2D eigenvalue weighted by molar-refractivity contribution is 5.73. The third kappa shape index (κ3) is 6.10. The van der Waals surface area contributed by atoms with E-state index in [0.717, 1.165) is 41.7 Å². The highest BCUT2D eigenvalue weighted by Gasteiger charge is 2.29. The van der Waals surface area contributed by atoms with Gasteiger partial charge in [-0.05, 0) is 42.2 Å². The molecule has 0 spiro atoms. The second kappa shape index (κ2) is 10.7. The number of benzene rings is 2. The Morgan fingerprint density at radius 1 is 1.11 bits per heavy atom. The van der Waals surface area contributed by atoms with Gasteiger partial charge in [0.2, 0.25) is 0 Å². The molecular formula is C23H30O4. The molecule has 2 atom stereocenters. The van der Waals surface area contributed by atoms with Crippen molar-refractivity contribution in [2.24, 2.45) is 5.92 Å². The molecule has 0 radical (unpaired) electrons. The molecule has 0 aliphatic carbocycles. The maximum atomic E-state index is 12.2. The summed E-state index contributed by atoms with van der Waals surface area (Å²) in [6.45, 7) is 4.53. The van der Waals surface area contributed by atoms with Crippen LogP contribution in [0.1, 0.15) is 55.4 Å². The van der Waals surface area contributed by atoms with Gasteiger partial charge < -0.3 is 14.6 Å². The molecule has 0 saturated carbocycles. The highest BCUT2D eigenvalue weighted by atomic mass is 16.5. The van der Waals surface area contributed by atoms with Crippen molar-refractivity contribution in [3.8, 4) is 5.75 Å². The summed E-state index contributed by atoms with van der Waals surface area (Å²) in [6.07, 6.45) is 2.73. The largest absolute Gasteiger partial charge is 0.489 e. The third-order valence-electron chi connectivity index (χ3n) is 4.81. The van der Waals surface area contributed by atoms with E-state index in [0.29, 0.717) is 13.0 Å². The van der Waals surface area contributed by atoms with Gasteiger partial charge in [-0.15, -0.1) is 0 Å². The molecule has 0 saturated heterocycles. The predicted octanol–water partition coefficient (Wildman–Crippen LogP) is 4.98. The SMILES string of the molecule is CCCCCC(C(=O)OC)C(O)c1ccc(OCc2ccccc2)cc1C. The molecule has 0 aliphatic rings. The van der Waals surface area contributed by atoms with Crippen LogP contribution in [0.15, 0.2) is 48.5 Å². The number of aryl methyl sites for hydroxylation is 1. The Bertz CT molecular complexity index is 712. The first kappa shape index (κ1) is 21.0. The molecule has 2 aromatic rings. The van der Waals surface area contributed by atoms with Crippen molar-refractivity contribution in [1.29, 1.82) is 0 Å². The number of rotatable bonds is 10.